The van der Waals surface area contributed by atoms with E-state index in [0.717, 1.165) is 23.3 Å². The van der Waals surface area contributed by atoms with E-state index in [1.807, 2.05) is 30.3 Å². The number of benzene rings is 1. The van der Waals surface area contributed by atoms with Crippen LogP contribution in [0.1, 0.15) is 12.8 Å². The second kappa shape index (κ2) is 6.87. The average molecular weight is 277 g/mol. The largest absolute Gasteiger partial charge is 0.352 e. The maximum atomic E-state index is 5.45. The Bertz CT molecular complexity index is 399. The van der Waals surface area contributed by atoms with Gasteiger partial charge in [0.05, 0.1) is 0 Å². The van der Waals surface area contributed by atoms with Crippen molar-refractivity contribution in [2.75, 3.05) is 39.0 Å². The second-order valence-corrected chi connectivity index (χ2v) is 5.81. The summed E-state index contributed by atoms with van der Waals surface area (Å²) in [7, 11) is 4.28. The topological polar surface area (TPSA) is 18.5 Å². The molecule has 0 aliphatic carbocycles. The SMILES string of the molecule is CN1CCC(CN(C)C(=S)Nc2ccccc2)CC1. The summed E-state index contributed by atoms with van der Waals surface area (Å²) in [5.41, 5.74) is 1.06. The zero-order valence-corrected chi connectivity index (χ0v) is 12.6. The van der Waals surface area contributed by atoms with Gasteiger partial charge in [-0.05, 0) is 63.2 Å². The van der Waals surface area contributed by atoms with E-state index in [1.54, 1.807) is 0 Å². The van der Waals surface area contributed by atoms with Crippen molar-refractivity contribution in [1.29, 1.82) is 0 Å². The Morgan fingerprint density at radius 3 is 2.58 bits per heavy atom. The molecule has 0 saturated carbocycles. The molecule has 1 N–H and O–H groups in total. The third-order valence-corrected chi connectivity index (χ3v) is 4.16. The smallest absolute Gasteiger partial charge is 0.173 e. The van der Waals surface area contributed by atoms with E-state index in [1.165, 1.54) is 25.9 Å². The first-order valence-corrected chi connectivity index (χ1v) is 7.31. The van der Waals surface area contributed by atoms with Crippen LogP contribution in [0.3, 0.4) is 0 Å². The van der Waals surface area contributed by atoms with E-state index in [2.05, 4.69) is 29.2 Å². The number of likely N-dealkylation sites (tertiary alicyclic amines) is 1. The lowest BCUT2D eigenvalue weighted by Crippen LogP contribution is -2.39. The van der Waals surface area contributed by atoms with Gasteiger partial charge in [0.2, 0.25) is 0 Å². The van der Waals surface area contributed by atoms with Gasteiger partial charge in [0, 0.05) is 19.3 Å². The molecular formula is C15H23N3S. The van der Waals surface area contributed by atoms with Crippen LogP contribution in [0.25, 0.3) is 0 Å². The van der Waals surface area contributed by atoms with Gasteiger partial charge in [0.15, 0.2) is 5.11 Å². The molecule has 0 amide bonds. The van der Waals surface area contributed by atoms with Crippen LogP contribution in [0.2, 0.25) is 0 Å². The lowest BCUT2D eigenvalue weighted by atomic mass is 9.97. The van der Waals surface area contributed by atoms with Gasteiger partial charge in [-0.1, -0.05) is 18.2 Å². The molecule has 0 unspecified atom stereocenters. The van der Waals surface area contributed by atoms with E-state index in [0.29, 0.717) is 0 Å². The predicted octanol–water partition coefficient (Wildman–Crippen LogP) is 2.66. The molecule has 1 heterocycles. The van der Waals surface area contributed by atoms with Crippen molar-refractivity contribution in [2.45, 2.75) is 12.8 Å². The van der Waals surface area contributed by atoms with E-state index >= 15 is 0 Å². The fourth-order valence-electron chi connectivity index (χ4n) is 2.46. The van der Waals surface area contributed by atoms with Crippen LogP contribution in [0.15, 0.2) is 30.3 Å². The van der Waals surface area contributed by atoms with E-state index in [-0.39, 0.29) is 0 Å². The van der Waals surface area contributed by atoms with Crippen molar-refractivity contribution in [3.05, 3.63) is 30.3 Å². The van der Waals surface area contributed by atoms with Gasteiger partial charge in [-0.2, -0.15) is 0 Å². The summed E-state index contributed by atoms with van der Waals surface area (Å²) in [6, 6.07) is 10.1. The summed E-state index contributed by atoms with van der Waals surface area (Å²) >= 11 is 5.45. The number of nitrogens with zero attached hydrogens (tertiary/aromatic N) is 2. The van der Waals surface area contributed by atoms with Gasteiger partial charge in [0.25, 0.3) is 0 Å². The van der Waals surface area contributed by atoms with E-state index in [4.69, 9.17) is 12.2 Å². The standard InChI is InChI=1S/C15H23N3S/c1-17-10-8-13(9-11-17)12-18(2)15(19)16-14-6-4-3-5-7-14/h3-7,13H,8-12H2,1-2H3,(H,16,19). The van der Waals surface area contributed by atoms with Gasteiger partial charge in [-0.25, -0.2) is 0 Å². The minimum atomic E-state index is 0.761. The van der Waals surface area contributed by atoms with Crippen molar-refractivity contribution < 1.29 is 0 Å². The van der Waals surface area contributed by atoms with Crippen molar-refractivity contribution in [3.8, 4) is 0 Å². The molecule has 0 aromatic heterocycles. The molecule has 0 spiro atoms. The molecule has 0 bridgehead atoms. The summed E-state index contributed by atoms with van der Waals surface area (Å²) in [6.07, 6.45) is 2.55. The van der Waals surface area contributed by atoms with Gasteiger partial charge in [0.1, 0.15) is 0 Å². The summed E-state index contributed by atoms with van der Waals surface area (Å²) in [5, 5.41) is 4.10. The number of hydrogen-bond acceptors (Lipinski definition) is 2. The maximum absolute atomic E-state index is 5.45. The van der Waals surface area contributed by atoms with Gasteiger partial charge >= 0.3 is 0 Å². The molecule has 2 rings (SSSR count). The Balaban J connectivity index is 1.79. The highest BCUT2D eigenvalue weighted by Crippen LogP contribution is 2.17. The molecule has 4 heteroatoms. The number of anilines is 1. The first-order chi connectivity index (χ1) is 9.15. The van der Waals surface area contributed by atoms with E-state index in [9.17, 15) is 0 Å². The first kappa shape index (κ1) is 14.3. The Hall–Kier alpha value is -1.13. The van der Waals surface area contributed by atoms with Crippen LogP contribution in [0.4, 0.5) is 5.69 Å². The lowest BCUT2D eigenvalue weighted by Gasteiger charge is -2.32. The number of piperidine rings is 1. The molecule has 1 aliphatic rings. The van der Waals surface area contributed by atoms with Crippen molar-refractivity contribution >= 4 is 23.0 Å². The summed E-state index contributed by atoms with van der Waals surface area (Å²) in [5.74, 6) is 0.761. The fourth-order valence-corrected chi connectivity index (χ4v) is 2.65. The molecular weight excluding hydrogens is 254 g/mol. The highest BCUT2D eigenvalue weighted by Gasteiger charge is 2.19. The quantitative estimate of drug-likeness (QED) is 0.856. The number of para-hydroxylation sites is 1. The van der Waals surface area contributed by atoms with Crippen molar-refractivity contribution in [1.82, 2.24) is 9.80 Å². The average Bonchev–Trinajstić information content (AvgIpc) is 2.42. The minimum absolute atomic E-state index is 0.761. The van der Waals surface area contributed by atoms with Gasteiger partial charge in [-0.15, -0.1) is 0 Å². The highest BCUT2D eigenvalue weighted by atomic mass is 32.1. The second-order valence-electron chi connectivity index (χ2n) is 5.42. The monoisotopic (exact) mass is 277 g/mol. The first-order valence-electron chi connectivity index (χ1n) is 6.91. The molecule has 0 radical (unpaired) electrons. The number of nitrogens with one attached hydrogen (secondary N) is 1. The summed E-state index contributed by atoms with van der Waals surface area (Å²) < 4.78 is 0. The molecule has 1 fully saturated rings. The van der Waals surface area contributed by atoms with Crippen LogP contribution in [-0.2, 0) is 0 Å². The molecule has 1 saturated heterocycles. The summed E-state index contributed by atoms with van der Waals surface area (Å²) in [6.45, 7) is 3.46. The highest BCUT2D eigenvalue weighted by molar-refractivity contribution is 7.80. The Labute approximate surface area is 121 Å². The zero-order chi connectivity index (χ0) is 13.7. The maximum Gasteiger partial charge on any atom is 0.173 e. The molecule has 1 aliphatic heterocycles. The van der Waals surface area contributed by atoms with Gasteiger partial charge in [-0.3, -0.25) is 0 Å². The number of rotatable bonds is 3. The number of hydrogen-bond donors (Lipinski definition) is 1. The van der Waals surface area contributed by atoms with Crippen LogP contribution in [0, 0.1) is 5.92 Å². The molecule has 1 aromatic rings. The van der Waals surface area contributed by atoms with Crippen LogP contribution < -0.4 is 5.32 Å². The van der Waals surface area contributed by atoms with Crippen LogP contribution in [-0.4, -0.2) is 48.6 Å². The fraction of sp³-hybridized carbons (Fsp3) is 0.533. The molecule has 104 valence electrons. The Kier molecular flexibility index (Phi) is 5.16. The minimum Gasteiger partial charge on any atom is -0.352 e. The van der Waals surface area contributed by atoms with Crippen LogP contribution in [0.5, 0.6) is 0 Å². The zero-order valence-electron chi connectivity index (χ0n) is 11.8. The molecule has 1 aromatic carbocycles. The molecule has 0 atom stereocenters. The Morgan fingerprint density at radius 2 is 1.95 bits per heavy atom. The molecule has 19 heavy (non-hydrogen) atoms. The Morgan fingerprint density at radius 1 is 1.32 bits per heavy atom. The molecule has 3 nitrogen and oxygen atoms in total. The normalized spacial score (nSPS) is 17.2. The van der Waals surface area contributed by atoms with Crippen molar-refractivity contribution in [2.24, 2.45) is 5.92 Å². The lowest BCUT2D eigenvalue weighted by molar-refractivity contribution is 0.201. The summed E-state index contributed by atoms with van der Waals surface area (Å²) in [4.78, 5) is 4.56. The van der Waals surface area contributed by atoms with Gasteiger partial charge < -0.3 is 15.1 Å². The third-order valence-electron chi connectivity index (χ3n) is 3.74. The number of thiocarbonyl (C=S) groups is 1. The third kappa shape index (κ3) is 4.48. The van der Waals surface area contributed by atoms with Crippen LogP contribution >= 0.6 is 12.2 Å². The predicted molar refractivity (Wildman–Crippen MR) is 85.5 cm³/mol. The van der Waals surface area contributed by atoms with Crippen molar-refractivity contribution in [3.63, 3.8) is 0 Å². The van der Waals surface area contributed by atoms with E-state index < -0.39 is 0 Å².